The number of allylic oxidation sites excluding steroid dienone is 1. The van der Waals surface area contributed by atoms with E-state index < -0.39 is 0 Å². The van der Waals surface area contributed by atoms with Crippen molar-refractivity contribution >= 4 is 29.1 Å². The Hall–Kier alpha value is -2.52. The normalized spacial score (nSPS) is 12.4. The van der Waals surface area contributed by atoms with E-state index in [2.05, 4.69) is 31.9 Å². The van der Waals surface area contributed by atoms with Crippen LogP contribution >= 0.6 is 11.8 Å². The van der Waals surface area contributed by atoms with Gasteiger partial charge in [0.2, 0.25) is 0 Å². The number of benzene rings is 1. The van der Waals surface area contributed by atoms with E-state index in [4.69, 9.17) is 4.74 Å². The molecule has 1 heterocycles. The van der Waals surface area contributed by atoms with E-state index in [0.717, 1.165) is 11.3 Å². The van der Waals surface area contributed by atoms with E-state index in [0.29, 0.717) is 16.8 Å². The van der Waals surface area contributed by atoms with Crippen LogP contribution in [-0.2, 0) is 22.0 Å². The monoisotopic (exact) mass is 397 g/mol. The van der Waals surface area contributed by atoms with Gasteiger partial charge in [0, 0.05) is 12.6 Å². The van der Waals surface area contributed by atoms with E-state index in [1.54, 1.807) is 11.7 Å². The minimum Gasteiger partial charge on any atom is -0.422 e. The summed E-state index contributed by atoms with van der Waals surface area (Å²) in [6.45, 7) is 10.2. The number of carbonyl (C=O) groups is 1. The molecule has 0 atom stereocenters. The molecule has 0 N–H and O–H groups in total. The van der Waals surface area contributed by atoms with E-state index in [-0.39, 0.29) is 22.9 Å². The molecule has 1 aromatic heterocycles. The summed E-state index contributed by atoms with van der Waals surface area (Å²) in [5, 5.41) is 14.4. The van der Waals surface area contributed by atoms with Gasteiger partial charge < -0.3 is 4.74 Å². The van der Waals surface area contributed by atoms with Crippen molar-refractivity contribution in [3.8, 4) is 6.07 Å². The van der Waals surface area contributed by atoms with Crippen LogP contribution in [0.25, 0.3) is 11.3 Å². The molecule has 0 aliphatic carbocycles. The zero-order chi connectivity index (χ0) is 21.1. The number of aromatic nitrogens is 2. The van der Waals surface area contributed by atoms with Crippen LogP contribution in [0.1, 0.15) is 48.8 Å². The second kappa shape index (κ2) is 8.66. The average Bonchev–Trinajstić information content (AvgIpc) is 2.86. The van der Waals surface area contributed by atoms with Gasteiger partial charge in [0.15, 0.2) is 5.76 Å². The SMILES string of the molecule is CSCC(=O)O/C(=C(/C#N)c1ccc(C(C)(C)C)cc1)c1c(C)c(C)nn1C. The minimum absolute atomic E-state index is 0.0123. The van der Waals surface area contributed by atoms with E-state index in [1.807, 2.05) is 44.4 Å². The molecule has 5 nitrogen and oxygen atoms in total. The second-order valence-corrected chi connectivity index (χ2v) is 8.60. The van der Waals surface area contributed by atoms with Crippen molar-refractivity contribution in [1.82, 2.24) is 9.78 Å². The largest absolute Gasteiger partial charge is 0.422 e. The van der Waals surface area contributed by atoms with Gasteiger partial charge in [-0.1, -0.05) is 45.0 Å². The molecule has 28 heavy (non-hydrogen) atoms. The highest BCUT2D eigenvalue weighted by Gasteiger charge is 2.23. The number of carbonyl (C=O) groups excluding carboxylic acids is 1. The van der Waals surface area contributed by atoms with Crippen molar-refractivity contribution in [3.63, 3.8) is 0 Å². The highest BCUT2D eigenvalue weighted by Crippen LogP contribution is 2.32. The molecule has 148 valence electrons. The minimum atomic E-state index is -0.389. The molecule has 0 spiro atoms. The third-order valence-electron chi connectivity index (χ3n) is 4.59. The molecule has 0 aliphatic heterocycles. The molecule has 2 rings (SSSR count). The maximum absolute atomic E-state index is 12.3. The van der Waals surface area contributed by atoms with Crippen molar-refractivity contribution in [2.75, 3.05) is 12.0 Å². The Morgan fingerprint density at radius 2 is 1.86 bits per heavy atom. The van der Waals surface area contributed by atoms with Crippen molar-refractivity contribution in [3.05, 3.63) is 52.3 Å². The van der Waals surface area contributed by atoms with Crippen molar-refractivity contribution in [1.29, 1.82) is 5.26 Å². The summed E-state index contributed by atoms with van der Waals surface area (Å²) in [6, 6.07) is 10.1. The summed E-state index contributed by atoms with van der Waals surface area (Å²) in [7, 11) is 1.79. The molecule has 0 bridgehead atoms. The van der Waals surface area contributed by atoms with Gasteiger partial charge in [0.05, 0.1) is 11.4 Å². The summed E-state index contributed by atoms with van der Waals surface area (Å²) in [5.41, 5.74) is 4.57. The van der Waals surface area contributed by atoms with Gasteiger partial charge in [0.1, 0.15) is 17.3 Å². The van der Waals surface area contributed by atoms with Crippen LogP contribution in [0.5, 0.6) is 0 Å². The van der Waals surface area contributed by atoms with Crippen molar-refractivity contribution in [2.24, 2.45) is 7.05 Å². The predicted octanol–water partition coefficient (Wildman–Crippen LogP) is 4.63. The van der Waals surface area contributed by atoms with Crippen LogP contribution in [0.4, 0.5) is 0 Å². The lowest BCUT2D eigenvalue weighted by molar-refractivity contribution is -0.133. The van der Waals surface area contributed by atoms with Crippen molar-refractivity contribution in [2.45, 2.75) is 40.0 Å². The standard InChI is InChI=1S/C22H27N3O2S/c1-14-15(2)24-25(6)20(14)21(27-19(26)13-28-7)18(12-23)16-8-10-17(11-9-16)22(3,4)5/h8-11H,13H2,1-7H3/b21-18-. The summed E-state index contributed by atoms with van der Waals surface area (Å²) >= 11 is 1.38. The predicted molar refractivity (Wildman–Crippen MR) is 115 cm³/mol. The Morgan fingerprint density at radius 3 is 2.29 bits per heavy atom. The molecule has 6 heteroatoms. The number of nitriles is 1. The molecule has 0 saturated carbocycles. The van der Waals surface area contributed by atoms with Crippen LogP contribution in [0.2, 0.25) is 0 Å². The summed E-state index contributed by atoms with van der Waals surface area (Å²) in [6.07, 6.45) is 1.83. The third-order valence-corrected chi connectivity index (χ3v) is 5.12. The zero-order valence-electron chi connectivity index (χ0n) is 17.6. The van der Waals surface area contributed by atoms with E-state index in [1.165, 1.54) is 17.3 Å². The van der Waals surface area contributed by atoms with E-state index >= 15 is 0 Å². The maximum atomic E-state index is 12.3. The lowest BCUT2D eigenvalue weighted by Gasteiger charge is -2.19. The first kappa shape index (κ1) is 21.8. The quantitative estimate of drug-likeness (QED) is 0.418. The number of esters is 1. The molecule has 0 amide bonds. The fourth-order valence-electron chi connectivity index (χ4n) is 2.94. The van der Waals surface area contributed by atoms with Gasteiger partial charge in [-0.3, -0.25) is 9.48 Å². The van der Waals surface area contributed by atoms with Crippen LogP contribution in [0.3, 0.4) is 0 Å². The molecule has 1 aromatic carbocycles. The number of rotatable bonds is 5. The smallest absolute Gasteiger partial charge is 0.321 e. The first-order valence-electron chi connectivity index (χ1n) is 9.05. The Balaban J connectivity index is 2.68. The van der Waals surface area contributed by atoms with Gasteiger partial charge >= 0.3 is 5.97 Å². The number of thioether (sulfide) groups is 1. The number of ether oxygens (including phenoxy) is 1. The molecular weight excluding hydrogens is 370 g/mol. The third kappa shape index (κ3) is 4.66. The molecule has 0 radical (unpaired) electrons. The van der Waals surface area contributed by atoms with Crippen LogP contribution < -0.4 is 0 Å². The highest BCUT2D eigenvalue weighted by molar-refractivity contribution is 7.99. The zero-order valence-corrected chi connectivity index (χ0v) is 18.4. The Labute approximate surface area is 171 Å². The van der Waals surface area contributed by atoms with Crippen molar-refractivity contribution < 1.29 is 9.53 Å². The summed E-state index contributed by atoms with van der Waals surface area (Å²) < 4.78 is 7.35. The van der Waals surface area contributed by atoms with Gasteiger partial charge in [-0.2, -0.15) is 22.1 Å². The molecule has 0 saturated heterocycles. The molecule has 0 unspecified atom stereocenters. The van der Waals surface area contributed by atoms with Gasteiger partial charge in [0.25, 0.3) is 0 Å². The van der Waals surface area contributed by atoms with Crippen LogP contribution in [0.15, 0.2) is 24.3 Å². The van der Waals surface area contributed by atoms with E-state index in [9.17, 15) is 10.1 Å². The molecule has 0 fully saturated rings. The number of hydrogen-bond donors (Lipinski definition) is 0. The summed E-state index contributed by atoms with van der Waals surface area (Å²) in [5.74, 6) is 0.0756. The maximum Gasteiger partial charge on any atom is 0.321 e. The molecule has 2 aromatic rings. The number of hydrogen-bond acceptors (Lipinski definition) is 5. The van der Waals surface area contributed by atoms with Gasteiger partial charge in [-0.05, 0) is 36.6 Å². The lowest BCUT2D eigenvalue weighted by Crippen LogP contribution is -2.12. The first-order valence-corrected chi connectivity index (χ1v) is 10.4. The Kier molecular flexibility index (Phi) is 6.73. The fourth-order valence-corrected chi connectivity index (χ4v) is 3.24. The topological polar surface area (TPSA) is 67.9 Å². The average molecular weight is 398 g/mol. The Bertz CT molecular complexity index is 942. The highest BCUT2D eigenvalue weighted by atomic mass is 32.2. The fraction of sp³-hybridized carbons (Fsp3) is 0.409. The summed E-state index contributed by atoms with van der Waals surface area (Å²) in [4.78, 5) is 12.3. The molecule has 0 aliphatic rings. The lowest BCUT2D eigenvalue weighted by atomic mass is 9.86. The Morgan fingerprint density at radius 1 is 1.25 bits per heavy atom. The van der Waals surface area contributed by atoms with Crippen LogP contribution in [0, 0.1) is 25.2 Å². The number of nitrogens with zero attached hydrogens (tertiary/aromatic N) is 3. The van der Waals surface area contributed by atoms with Gasteiger partial charge in [-0.25, -0.2) is 0 Å². The van der Waals surface area contributed by atoms with Crippen LogP contribution in [-0.4, -0.2) is 27.8 Å². The first-order chi connectivity index (χ1) is 13.1. The second-order valence-electron chi connectivity index (χ2n) is 7.73. The molecular formula is C22H27N3O2S. The van der Waals surface area contributed by atoms with Gasteiger partial charge in [-0.15, -0.1) is 0 Å². The number of aryl methyl sites for hydroxylation is 2.